The van der Waals surface area contributed by atoms with Crippen LogP contribution in [0.15, 0.2) is 36.4 Å². The third-order valence-electron chi connectivity index (χ3n) is 3.82. The molecule has 2 rings (SSSR count). The highest BCUT2D eigenvalue weighted by Crippen LogP contribution is 2.41. The molecule has 0 aliphatic heterocycles. The fourth-order valence-corrected chi connectivity index (χ4v) is 4.28. The van der Waals surface area contributed by atoms with Crippen molar-refractivity contribution in [2.45, 2.75) is 52.8 Å². The zero-order chi connectivity index (χ0) is 22.5. The van der Waals surface area contributed by atoms with Crippen LogP contribution < -0.4 is 14.7 Å². The van der Waals surface area contributed by atoms with Gasteiger partial charge in [-0.3, -0.25) is 9.59 Å². The Balaban J connectivity index is 2.35. The molecule has 0 spiro atoms. The van der Waals surface area contributed by atoms with Crippen molar-refractivity contribution in [3.63, 3.8) is 0 Å². The number of carboxylic acids is 1. The molecular formula is C19H27N4O6P. The molecule has 0 aliphatic carbocycles. The van der Waals surface area contributed by atoms with Crippen LogP contribution in [0, 0.1) is 6.92 Å². The first kappa shape index (κ1) is 23.6. The van der Waals surface area contributed by atoms with E-state index in [1.54, 1.807) is 39.0 Å². The topological polar surface area (TPSA) is 132 Å². The molecule has 1 aromatic heterocycles. The van der Waals surface area contributed by atoms with Gasteiger partial charge in [0.15, 0.2) is 0 Å². The highest BCUT2D eigenvalue weighted by atomic mass is 31.2. The summed E-state index contributed by atoms with van der Waals surface area (Å²) >= 11 is 0. The summed E-state index contributed by atoms with van der Waals surface area (Å²) in [6, 6.07) is 8.34. The van der Waals surface area contributed by atoms with Crippen molar-refractivity contribution in [1.29, 1.82) is 0 Å². The standard InChI is InChI=1S/C19H27N4O6P/c1-12(2)28-19(26)15(5)22-30(27,21-14(4)18(24)25)29-17-11-13(3)20-23(17)16-9-7-6-8-10-16/h6-12,14-15H,1-5H3,(H,24,25)(H2,21,22,27). The van der Waals surface area contributed by atoms with E-state index in [0.29, 0.717) is 11.4 Å². The zero-order valence-electron chi connectivity index (χ0n) is 17.5. The second kappa shape index (κ2) is 9.88. The minimum absolute atomic E-state index is 0.115. The van der Waals surface area contributed by atoms with Gasteiger partial charge in [-0.05, 0) is 46.8 Å². The summed E-state index contributed by atoms with van der Waals surface area (Å²) in [6.07, 6.45) is -0.366. The number of nitrogens with one attached hydrogen (secondary N) is 2. The van der Waals surface area contributed by atoms with Crippen molar-refractivity contribution < 1.29 is 28.5 Å². The number of carbonyl (C=O) groups is 2. The van der Waals surface area contributed by atoms with E-state index in [1.165, 1.54) is 18.5 Å². The predicted molar refractivity (Wildman–Crippen MR) is 111 cm³/mol. The highest BCUT2D eigenvalue weighted by Gasteiger charge is 2.35. The number of nitrogens with zero attached hydrogens (tertiary/aromatic N) is 2. The number of aliphatic carboxylic acids is 1. The van der Waals surface area contributed by atoms with Crippen molar-refractivity contribution in [1.82, 2.24) is 20.0 Å². The van der Waals surface area contributed by atoms with Crippen molar-refractivity contribution in [2.24, 2.45) is 0 Å². The van der Waals surface area contributed by atoms with Gasteiger partial charge in [0.25, 0.3) is 0 Å². The lowest BCUT2D eigenvalue weighted by Crippen LogP contribution is -2.43. The summed E-state index contributed by atoms with van der Waals surface area (Å²) in [6.45, 7) is 7.88. The lowest BCUT2D eigenvalue weighted by atomic mass is 10.3. The van der Waals surface area contributed by atoms with Crippen LogP contribution in [0.1, 0.15) is 33.4 Å². The first-order valence-corrected chi connectivity index (χ1v) is 11.0. The van der Waals surface area contributed by atoms with Crippen LogP contribution in [0.4, 0.5) is 0 Å². The normalized spacial score (nSPS) is 15.3. The van der Waals surface area contributed by atoms with E-state index in [4.69, 9.17) is 9.26 Å². The quantitative estimate of drug-likeness (QED) is 0.378. The molecule has 0 fully saturated rings. The Hall–Kier alpha value is -2.68. The number of aromatic nitrogens is 2. The second-order valence-electron chi connectivity index (χ2n) is 7.04. The summed E-state index contributed by atoms with van der Waals surface area (Å²) in [5.41, 5.74) is 1.25. The highest BCUT2D eigenvalue weighted by molar-refractivity contribution is 7.55. The number of para-hydroxylation sites is 1. The molecule has 30 heavy (non-hydrogen) atoms. The van der Waals surface area contributed by atoms with Gasteiger partial charge in [0, 0.05) is 6.07 Å². The van der Waals surface area contributed by atoms with Gasteiger partial charge in [-0.25, -0.2) is 19.4 Å². The zero-order valence-corrected chi connectivity index (χ0v) is 18.4. The summed E-state index contributed by atoms with van der Waals surface area (Å²) < 4.78 is 25.8. The minimum Gasteiger partial charge on any atom is -0.480 e. The van der Waals surface area contributed by atoms with Crippen molar-refractivity contribution >= 4 is 19.6 Å². The number of carboxylic acid groups (broad SMARTS) is 1. The van der Waals surface area contributed by atoms with Gasteiger partial charge in [0.05, 0.1) is 17.5 Å². The van der Waals surface area contributed by atoms with Crippen LogP contribution in [0.25, 0.3) is 5.69 Å². The van der Waals surface area contributed by atoms with Crippen LogP contribution in [-0.4, -0.2) is 45.0 Å². The van der Waals surface area contributed by atoms with Gasteiger partial charge >= 0.3 is 19.6 Å². The van der Waals surface area contributed by atoms with Crippen LogP contribution in [0.5, 0.6) is 5.88 Å². The molecule has 1 aromatic carbocycles. The number of ether oxygens (including phenoxy) is 1. The Morgan fingerprint density at radius 2 is 1.70 bits per heavy atom. The number of rotatable bonds is 10. The number of hydrogen-bond donors (Lipinski definition) is 3. The van der Waals surface area contributed by atoms with E-state index >= 15 is 0 Å². The molecule has 0 radical (unpaired) electrons. The molecule has 2 aromatic rings. The number of carbonyl (C=O) groups excluding carboxylic acids is 1. The Kier molecular flexibility index (Phi) is 7.77. The third kappa shape index (κ3) is 6.41. The molecular weight excluding hydrogens is 411 g/mol. The molecule has 164 valence electrons. The number of esters is 1. The lowest BCUT2D eigenvalue weighted by Gasteiger charge is -2.25. The minimum atomic E-state index is -4.08. The molecule has 0 aliphatic rings. The van der Waals surface area contributed by atoms with Crippen LogP contribution in [0.2, 0.25) is 0 Å². The summed E-state index contributed by atoms with van der Waals surface area (Å²) in [7, 11) is -4.08. The SMILES string of the molecule is Cc1cc(OP(=O)(NC(C)C(=O)O)NC(C)C(=O)OC(C)C)n(-c2ccccc2)n1. The largest absolute Gasteiger partial charge is 0.480 e. The van der Waals surface area contributed by atoms with E-state index in [0.717, 1.165) is 0 Å². The molecule has 11 heteroatoms. The fourth-order valence-electron chi connectivity index (χ4n) is 2.47. The van der Waals surface area contributed by atoms with Crippen LogP contribution in [-0.2, 0) is 18.9 Å². The van der Waals surface area contributed by atoms with Gasteiger partial charge < -0.3 is 14.4 Å². The fraction of sp³-hybridized carbons (Fsp3) is 0.421. The average Bonchev–Trinajstić information content (AvgIpc) is 3.01. The number of hydrogen-bond acceptors (Lipinski definition) is 6. The molecule has 10 nitrogen and oxygen atoms in total. The van der Waals surface area contributed by atoms with Gasteiger partial charge in [-0.2, -0.15) is 5.10 Å². The summed E-state index contributed by atoms with van der Waals surface area (Å²) in [5, 5.41) is 18.6. The van der Waals surface area contributed by atoms with E-state index in [9.17, 15) is 19.3 Å². The molecule has 0 bridgehead atoms. The van der Waals surface area contributed by atoms with Gasteiger partial charge in [0.2, 0.25) is 5.88 Å². The Labute approximate surface area is 175 Å². The average molecular weight is 438 g/mol. The summed E-state index contributed by atoms with van der Waals surface area (Å²) in [5.74, 6) is -1.76. The molecule has 0 saturated carbocycles. The predicted octanol–water partition coefficient (Wildman–Crippen LogP) is 2.66. The maximum absolute atomic E-state index is 13.5. The molecule has 0 amide bonds. The van der Waals surface area contributed by atoms with Crippen molar-refractivity contribution in [2.75, 3.05) is 0 Å². The molecule has 3 unspecified atom stereocenters. The first-order valence-electron chi connectivity index (χ1n) is 9.41. The molecule has 0 saturated heterocycles. The Bertz CT molecular complexity index is 930. The van der Waals surface area contributed by atoms with E-state index < -0.39 is 31.7 Å². The smallest absolute Gasteiger partial charge is 0.393 e. The molecule has 3 atom stereocenters. The lowest BCUT2D eigenvalue weighted by molar-refractivity contribution is -0.149. The third-order valence-corrected chi connectivity index (χ3v) is 5.72. The molecule has 1 heterocycles. The van der Waals surface area contributed by atoms with Crippen LogP contribution >= 0.6 is 7.67 Å². The van der Waals surface area contributed by atoms with E-state index in [2.05, 4.69) is 15.3 Å². The van der Waals surface area contributed by atoms with Crippen molar-refractivity contribution in [3.8, 4) is 11.6 Å². The van der Waals surface area contributed by atoms with E-state index in [1.807, 2.05) is 18.2 Å². The van der Waals surface area contributed by atoms with Gasteiger partial charge in [0.1, 0.15) is 12.1 Å². The molecule has 3 N–H and O–H groups in total. The summed E-state index contributed by atoms with van der Waals surface area (Å²) in [4.78, 5) is 23.5. The number of benzene rings is 1. The first-order chi connectivity index (χ1) is 14.0. The maximum Gasteiger partial charge on any atom is 0.393 e. The van der Waals surface area contributed by atoms with Gasteiger partial charge in [-0.1, -0.05) is 18.2 Å². The second-order valence-corrected chi connectivity index (χ2v) is 8.84. The number of aryl methyl sites for hydroxylation is 1. The Morgan fingerprint density at radius 1 is 1.10 bits per heavy atom. The maximum atomic E-state index is 13.5. The monoisotopic (exact) mass is 438 g/mol. The van der Waals surface area contributed by atoms with E-state index in [-0.39, 0.29) is 12.0 Å². The van der Waals surface area contributed by atoms with Crippen LogP contribution in [0.3, 0.4) is 0 Å². The van der Waals surface area contributed by atoms with Gasteiger partial charge in [-0.15, -0.1) is 0 Å². The Morgan fingerprint density at radius 3 is 2.27 bits per heavy atom. The van der Waals surface area contributed by atoms with Crippen molar-refractivity contribution in [3.05, 3.63) is 42.1 Å².